The lowest BCUT2D eigenvalue weighted by molar-refractivity contribution is -0.362. The first-order chi connectivity index (χ1) is 22.3. The molecular weight excluding hydrogens is 632 g/mol. The van der Waals surface area contributed by atoms with Gasteiger partial charge in [0.25, 0.3) is 0 Å². The summed E-state index contributed by atoms with van der Waals surface area (Å²) in [6.07, 6.45) is -18.2. The third-order valence-corrected chi connectivity index (χ3v) is 7.47. The van der Waals surface area contributed by atoms with Crippen LogP contribution >= 0.6 is 0 Å². The van der Waals surface area contributed by atoms with E-state index in [9.17, 15) is 54.9 Å². The zero-order valence-electron chi connectivity index (χ0n) is 24.9. The van der Waals surface area contributed by atoms with Crippen LogP contribution in [-0.2, 0) is 28.5 Å². The Kier molecular flexibility index (Phi) is 11.4. The van der Waals surface area contributed by atoms with Gasteiger partial charge in [-0.15, -0.1) is 0 Å². The highest BCUT2D eigenvalue weighted by atomic mass is 16.7. The second kappa shape index (κ2) is 14.9. The highest BCUT2D eigenvalue weighted by Crippen LogP contribution is 2.41. The number of para-hydroxylation sites is 2. The standard InChI is InChI=1S/C30H34O17/c1-13(33)42-17-9-5-3-7-15(17)24(37)30(47-27(40)16-8-4-6-10-18(16)43-14(2)34)25(38)20(12-32)45-29(26(30)39)46-23-19(11-31)44-28(41)22(36)21(23)35/h3-10,19-23,25-26,28-29,31-32,35-36,38-39,41H,11-12H2,1-2H3/t19-,20-,21-,22-,23-,25-,26+,28-,29-,30+/m1/s1. The predicted molar refractivity (Wildman–Crippen MR) is 151 cm³/mol. The van der Waals surface area contributed by atoms with Crippen molar-refractivity contribution in [1.29, 1.82) is 0 Å². The Hall–Kier alpha value is -3.88. The van der Waals surface area contributed by atoms with E-state index in [1.165, 1.54) is 36.4 Å². The molecule has 2 aliphatic heterocycles. The number of aliphatic hydroxyl groups excluding tert-OH is 7. The average Bonchev–Trinajstić information content (AvgIpc) is 3.03. The van der Waals surface area contributed by atoms with Crippen molar-refractivity contribution in [2.45, 2.75) is 74.8 Å². The fourth-order valence-corrected chi connectivity index (χ4v) is 5.25. The first kappa shape index (κ1) is 36.0. The lowest BCUT2D eigenvalue weighted by Crippen LogP contribution is -2.73. The van der Waals surface area contributed by atoms with Crippen molar-refractivity contribution in [3.05, 3.63) is 59.7 Å². The summed E-state index contributed by atoms with van der Waals surface area (Å²) in [4.78, 5) is 51.8. The SMILES string of the molecule is CC(=O)Oc1ccccc1C(=O)O[C@@]1(C(=O)c2ccccc2OC(C)=O)[C@H](O)[C@@H](CO)O[C@H](O[C@H]2[C@H](O)[C@@H](O)[C@H](O)O[C@@H]2CO)[C@@H]1O. The van der Waals surface area contributed by atoms with Crippen molar-refractivity contribution in [2.24, 2.45) is 0 Å². The third-order valence-electron chi connectivity index (χ3n) is 7.47. The molecular formula is C30H34O17. The molecule has 0 bridgehead atoms. The zero-order valence-corrected chi connectivity index (χ0v) is 24.9. The van der Waals surface area contributed by atoms with Gasteiger partial charge in [0.05, 0.1) is 18.8 Å². The molecule has 2 saturated heterocycles. The Labute approximate surface area is 266 Å². The number of ketones is 1. The van der Waals surface area contributed by atoms with Gasteiger partial charge < -0.3 is 64.2 Å². The van der Waals surface area contributed by atoms with Crippen LogP contribution in [0.4, 0.5) is 0 Å². The maximum atomic E-state index is 14.5. The molecule has 0 aliphatic carbocycles. The molecule has 2 aromatic carbocycles. The van der Waals surface area contributed by atoms with Crippen LogP contribution in [0.2, 0.25) is 0 Å². The van der Waals surface area contributed by atoms with Gasteiger partial charge in [-0.1, -0.05) is 24.3 Å². The number of rotatable bonds is 10. The van der Waals surface area contributed by atoms with E-state index >= 15 is 0 Å². The second-order valence-electron chi connectivity index (χ2n) is 10.6. The van der Waals surface area contributed by atoms with Gasteiger partial charge in [0, 0.05) is 13.8 Å². The average molecular weight is 667 g/mol. The van der Waals surface area contributed by atoms with E-state index in [2.05, 4.69) is 0 Å². The molecule has 0 radical (unpaired) electrons. The Bertz CT molecular complexity index is 1460. The van der Waals surface area contributed by atoms with E-state index in [4.69, 9.17) is 28.4 Å². The number of esters is 3. The molecule has 256 valence electrons. The third kappa shape index (κ3) is 7.19. The topological polar surface area (TPSA) is 265 Å². The van der Waals surface area contributed by atoms with Crippen LogP contribution in [0.15, 0.2) is 48.5 Å². The van der Waals surface area contributed by atoms with Gasteiger partial charge in [0.15, 0.2) is 18.7 Å². The highest BCUT2D eigenvalue weighted by Gasteiger charge is 2.65. The summed E-state index contributed by atoms with van der Waals surface area (Å²) in [6.45, 7) is 0.109. The molecule has 7 N–H and O–H groups in total. The van der Waals surface area contributed by atoms with E-state index < -0.39 is 109 Å². The van der Waals surface area contributed by atoms with Crippen molar-refractivity contribution in [1.82, 2.24) is 0 Å². The lowest BCUT2D eigenvalue weighted by atomic mass is 9.77. The molecule has 0 amide bonds. The molecule has 2 heterocycles. The van der Waals surface area contributed by atoms with Crippen LogP contribution < -0.4 is 9.47 Å². The van der Waals surface area contributed by atoms with Gasteiger partial charge in [-0.2, -0.15) is 0 Å². The second-order valence-corrected chi connectivity index (χ2v) is 10.6. The number of hydrogen-bond acceptors (Lipinski definition) is 17. The number of carbonyl (C=O) groups excluding carboxylic acids is 4. The van der Waals surface area contributed by atoms with Crippen molar-refractivity contribution >= 4 is 23.7 Å². The fourth-order valence-electron chi connectivity index (χ4n) is 5.25. The summed E-state index contributed by atoms with van der Waals surface area (Å²) in [5.74, 6) is -5.20. The minimum Gasteiger partial charge on any atom is -0.441 e. The molecule has 0 unspecified atom stereocenters. The van der Waals surface area contributed by atoms with Crippen LogP contribution in [0.25, 0.3) is 0 Å². The van der Waals surface area contributed by atoms with Crippen molar-refractivity contribution in [3.8, 4) is 11.5 Å². The van der Waals surface area contributed by atoms with E-state index in [1.54, 1.807) is 0 Å². The summed E-state index contributed by atoms with van der Waals surface area (Å²) in [7, 11) is 0. The van der Waals surface area contributed by atoms with Gasteiger partial charge in [-0.25, -0.2) is 4.79 Å². The quantitative estimate of drug-likeness (QED) is 0.0789. The maximum absolute atomic E-state index is 14.5. The molecule has 47 heavy (non-hydrogen) atoms. The molecule has 2 aromatic rings. The van der Waals surface area contributed by atoms with Crippen molar-refractivity contribution in [2.75, 3.05) is 13.2 Å². The molecule has 0 spiro atoms. The minimum atomic E-state index is -3.17. The largest absolute Gasteiger partial charge is 0.441 e. The van der Waals surface area contributed by atoms with Crippen molar-refractivity contribution in [3.63, 3.8) is 0 Å². The summed E-state index contributed by atoms with van der Waals surface area (Å²) in [6, 6.07) is 10.2. The molecule has 0 saturated carbocycles. The van der Waals surface area contributed by atoms with E-state index in [-0.39, 0.29) is 11.5 Å². The van der Waals surface area contributed by atoms with Gasteiger partial charge in [0.2, 0.25) is 11.4 Å². The summed E-state index contributed by atoms with van der Waals surface area (Å²) in [5.41, 5.74) is -4.10. The molecule has 10 atom stereocenters. The predicted octanol–water partition coefficient (Wildman–Crippen LogP) is -2.43. The van der Waals surface area contributed by atoms with Crippen LogP contribution in [0.5, 0.6) is 11.5 Å². The zero-order chi connectivity index (χ0) is 34.6. The number of benzene rings is 2. The minimum absolute atomic E-state index is 0.323. The van der Waals surface area contributed by atoms with Crippen LogP contribution in [0, 0.1) is 0 Å². The van der Waals surface area contributed by atoms with Crippen LogP contribution in [-0.4, -0.2) is 134 Å². The highest BCUT2D eigenvalue weighted by molar-refractivity contribution is 6.08. The number of aliphatic hydroxyl groups is 7. The number of hydrogen-bond donors (Lipinski definition) is 7. The Morgan fingerprint density at radius 1 is 0.723 bits per heavy atom. The number of ether oxygens (including phenoxy) is 6. The first-order valence-electron chi connectivity index (χ1n) is 14.2. The molecule has 0 aromatic heterocycles. The normalized spacial score (nSPS) is 32.2. The Balaban J connectivity index is 1.87. The lowest BCUT2D eigenvalue weighted by Gasteiger charge is -2.50. The van der Waals surface area contributed by atoms with Crippen LogP contribution in [0.1, 0.15) is 34.6 Å². The molecule has 2 aliphatic rings. The van der Waals surface area contributed by atoms with Gasteiger partial charge in [0.1, 0.15) is 53.7 Å². The van der Waals surface area contributed by atoms with Crippen LogP contribution in [0.3, 0.4) is 0 Å². The molecule has 4 rings (SSSR count). The monoisotopic (exact) mass is 666 g/mol. The number of carbonyl (C=O) groups is 4. The van der Waals surface area contributed by atoms with Gasteiger partial charge in [-0.05, 0) is 24.3 Å². The Morgan fingerprint density at radius 3 is 1.81 bits per heavy atom. The molecule has 2 fully saturated rings. The smallest absolute Gasteiger partial charge is 0.343 e. The summed E-state index contributed by atoms with van der Waals surface area (Å²) < 4.78 is 32.1. The van der Waals surface area contributed by atoms with E-state index in [0.717, 1.165) is 26.0 Å². The van der Waals surface area contributed by atoms with Gasteiger partial charge >= 0.3 is 17.9 Å². The maximum Gasteiger partial charge on any atom is 0.343 e. The van der Waals surface area contributed by atoms with Crippen molar-refractivity contribution < 1.29 is 83.3 Å². The Morgan fingerprint density at radius 2 is 1.26 bits per heavy atom. The summed E-state index contributed by atoms with van der Waals surface area (Å²) >= 11 is 0. The fraction of sp³-hybridized carbons (Fsp3) is 0.467. The van der Waals surface area contributed by atoms with E-state index in [0.29, 0.717) is 0 Å². The molecule has 17 heteroatoms. The molecule has 17 nitrogen and oxygen atoms in total. The summed E-state index contributed by atoms with van der Waals surface area (Å²) in [5, 5.41) is 74.0. The number of Topliss-reactive ketones (excluding diaryl/α,β-unsaturated/α-hetero) is 1. The first-order valence-corrected chi connectivity index (χ1v) is 14.2. The van der Waals surface area contributed by atoms with E-state index in [1.807, 2.05) is 0 Å². The van der Waals surface area contributed by atoms with Gasteiger partial charge in [-0.3, -0.25) is 14.4 Å².